The van der Waals surface area contributed by atoms with Gasteiger partial charge in [0.1, 0.15) is 0 Å². The zero-order valence-electron chi connectivity index (χ0n) is 6.68. The first-order valence-electron chi connectivity index (χ1n) is 3.56. The van der Waals surface area contributed by atoms with E-state index in [0.717, 1.165) is 5.57 Å². The highest BCUT2D eigenvalue weighted by Gasteiger charge is 2.19. The summed E-state index contributed by atoms with van der Waals surface area (Å²) >= 11 is 0. The fourth-order valence-electron chi connectivity index (χ4n) is 1.06. The molecule has 1 rings (SSSR count). The molecule has 0 aromatic rings. The molecule has 0 aromatic heterocycles. The van der Waals surface area contributed by atoms with Crippen molar-refractivity contribution in [1.82, 2.24) is 0 Å². The van der Waals surface area contributed by atoms with E-state index in [0.29, 0.717) is 12.0 Å². The van der Waals surface area contributed by atoms with Crippen LogP contribution >= 0.6 is 0 Å². The van der Waals surface area contributed by atoms with Crippen molar-refractivity contribution in [2.24, 2.45) is 0 Å². The van der Waals surface area contributed by atoms with Crippen LogP contribution in [0.1, 0.15) is 20.3 Å². The summed E-state index contributed by atoms with van der Waals surface area (Å²) in [7, 11) is 0. The van der Waals surface area contributed by atoms with Gasteiger partial charge in [-0.3, -0.25) is 9.59 Å². The Morgan fingerprint density at radius 2 is 2.27 bits per heavy atom. The molecule has 0 aromatic carbocycles. The van der Waals surface area contributed by atoms with Crippen LogP contribution in [0.25, 0.3) is 0 Å². The standard InChI is InChI=1S/C9H10O2/c1-3-7-4-8(6(2)10)5-9(7)11/h3,5H,4H2,1-2H3/b7-3+. The van der Waals surface area contributed by atoms with Crippen LogP contribution in [0.5, 0.6) is 0 Å². The Bertz CT molecular complexity index is 269. The zero-order valence-corrected chi connectivity index (χ0v) is 6.68. The molecule has 0 fully saturated rings. The summed E-state index contributed by atoms with van der Waals surface area (Å²) in [6.07, 6.45) is 3.71. The normalized spacial score (nSPS) is 20.7. The Balaban J connectivity index is 2.88. The molecule has 58 valence electrons. The third-order valence-electron chi connectivity index (χ3n) is 1.80. The van der Waals surface area contributed by atoms with Crippen LogP contribution in [0.2, 0.25) is 0 Å². The fourth-order valence-corrected chi connectivity index (χ4v) is 1.06. The van der Waals surface area contributed by atoms with Gasteiger partial charge in [0, 0.05) is 12.0 Å². The van der Waals surface area contributed by atoms with Crippen molar-refractivity contribution < 1.29 is 9.59 Å². The number of ketones is 2. The van der Waals surface area contributed by atoms with Crippen molar-refractivity contribution in [3.05, 3.63) is 23.3 Å². The molecule has 0 unspecified atom stereocenters. The maximum absolute atomic E-state index is 11.0. The fraction of sp³-hybridized carbons (Fsp3) is 0.333. The van der Waals surface area contributed by atoms with E-state index in [1.807, 2.05) is 6.92 Å². The summed E-state index contributed by atoms with van der Waals surface area (Å²) in [5.74, 6) is -0.0205. The maximum Gasteiger partial charge on any atom is 0.182 e. The molecule has 2 nitrogen and oxygen atoms in total. The second-order valence-corrected chi connectivity index (χ2v) is 2.58. The first-order valence-corrected chi connectivity index (χ1v) is 3.56. The largest absolute Gasteiger partial charge is 0.295 e. The first-order chi connectivity index (χ1) is 5.15. The van der Waals surface area contributed by atoms with E-state index in [4.69, 9.17) is 0 Å². The minimum Gasteiger partial charge on any atom is -0.295 e. The summed E-state index contributed by atoms with van der Waals surface area (Å²) in [5, 5.41) is 0. The van der Waals surface area contributed by atoms with Crippen molar-refractivity contribution in [2.45, 2.75) is 20.3 Å². The number of allylic oxidation sites excluding steroid dienone is 4. The molecule has 0 radical (unpaired) electrons. The van der Waals surface area contributed by atoms with E-state index in [2.05, 4.69) is 0 Å². The lowest BCUT2D eigenvalue weighted by Crippen LogP contribution is -1.92. The summed E-state index contributed by atoms with van der Waals surface area (Å²) in [6, 6.07) is 0. The molecule has 0 saturated heterocycles. The molecule has 0 heterocycles. The minimum atomic E-state index is -0.0160. The number of carbonyl (C=O) groups excluding carboxylic acids is 2. The lowest BCUT2D eigenvalue weighted by atomic mass is 10.1. The third-order valence-corrected chi connectivity index (χ3v) is 1.80. The monoisotopic (exact) mass is 150 g/mol. The molecule has 0 spiro atoms. The summed E-state index contributed by atoms with van der Waals surface area (Å²) in [4.78, 5) is 21.8. The van der Waals surface area contributed by atoms with Gasteiger partial charge in [-0.25, -0.2) is 0 Å². The maximum atomic E-state index is 11.0. The van der Waals surface area contributed by atoms with Crippen molar-refractivity contribution in [2.75, 3.05) is 0 Å². The molecular weight excluding hydrogens is 140 g/mol. The highest BCUT2D eigenvalue weighted by atomic mass is 16.1. The van der Waals surface area contributed by atoms with Gasteiger partial charge in [-0.15, -0.1) is 0 Å². The van der Waals surface area contributed by atoms with Crippen LogP contribution in [0.3, 0.4) is 0 Å². The van der Waals surface area contributed by atoms with Crippen LogP contribution in [0.15, 0.2) is 23.3 Å². The predicted octanol–water partition coefficient (Wildman–Crippen LogP) is 1.42. The van der Waals surface area contributed by atoms with E-state index in [-0.39, 0.29) is 11.6 Å². The van der Waals surface area contributed by atoms with Crippen molar-refractivity contribution >= 4 is 11.6 Å². The van der Waals surface area contributed by atoms with Crippen LogP contribution in [0.4, 0.5) is 0 Å². The van der Waals surface area contributed by atoms with E-state index in [9.17, 15) is 9.59 Å². The molecule has 0 saturated carbocycles. The topological polar surface area (TPSA) is 34.1 Å². The van der Waals surface area contributed by atoms with E-state index >= 15 is 0 Å². The van der Waals surface area contributed by atoms with Gasteiger partial charge in [-0.1, -0.05) is 6.08 Å². The van der Waals surface area contributed by atoms with Crippen LogP contribution in [-0.2, 0) is 9.59 Å². The molecule has 0 aliphatic heterocycles. The van der Waals surface area contributed by atoms with Gasteiger partial charge in [0.15, 0.2) is 11.6 Å². The summed E-state index contributed by atoms with van der Waals surface area (Å²) < 4.78 is 0. The van der Waals surface area contributed by atoms with E-state index in [1.54, 1.807) is 6.08 Å². The van der Waals surface area contributed by atoms with Crippen molar-refractivity contribution in [3.63, 3.8) is 0 Å². The highest BCUT2D eigenvalue weighted by Crippen LogP contribution is 2.21. The molecule has 0 atom stereocenters. The van der Waals surface area contributed by atoms with E-state index < -0.39 is 0 Å². The van der Waals surface area contributed by atoms with Crippen molar-refractivity contribution in [1.29, 1.82) is 0 Å². The Kier molecular flexibility index (Phi) is 2.03. The smallest absolute Gasteiger partial charge is 0.182 e. The van der Waals surface area contributed by atoms with E-state index in [1.165, 1.54) is 13.0 Å². The molecule has 0 bridgehead atoms. The zero-order chi connectivity index (χ0) is 8.43. The first kappa shape index (κ1) is 7.92. The SMILES string of the molecule is C/C=C1\CC(C(C)=O)=CC1=O. The van der Waals surface area contributed by atoms with Crippen molar-refractivity contribution in [3.8, 4) is 0 Å². The molecule has 1 aliphatic rings. The van der Waals surface area contributed by atoms with Gasteiger partial charge in [-0.05, 0) is 25.5 Å². The number of hydrogen-bond donors (Lipinski definition) is 0. The third kappa shape index (κ3) is 1.45. The molecule has 1 aliphatic carbocycles. The highest BCUT2D eigenvalue weighted by molar-refractivity contribution is 6.14. The second kappa shape index (κ2) is 2.82. The lowest BCUT2D eigenvalue weighted by molar-refractivity contribution is -0.114. The Morgan fingerprint density at radius 1 is 1.64 bits per heavy atom. The number of rotatable bonds is 1. The second-order valence-electron chi connectivity index (χ2n) is 2.58. The number of Topliss-reactive ketones (excluding diaryl/α,β-unsaturated/α-hetero) is 1. The van der Waals surface area contributed by atoms with Gasteiger partial charge < -0.3 is 0 Å². The lowest BCUT2D eigenvalue weighted by Gasteiger charge is -1.92. The van der Waals surface area contributed by atoms with Gasteiger partial charge in [0.2, 0.25) is 0 Å². The van der Waals surface area contributed by atoms with Crippen LogP contribution in [0, 0.1) is 0 Å². The van der Waals surface area contributed by atoms with Crippen LogP contribution in [-0.4, -0.2) is 11.6 Å². The van der Waals surface area contributed by atoms with Gasteiger partial charge in [0.25, 0.3) is 0 Å². The van der Waals surface area contributed by atoms with Gasteiger partial charge >= 0.3 is 0 Å². The summed E-state index contributed by atoms with van der Waals surface area (Å²) in [6.45, 7) is 3.29. The van der Waals surface area contributed by atoms with Crippen LogP contribution < -0.4 is 0 Å². The molecule has 0 amide bonds. The number of hydrogen-bond acceptors (Lipinski definition) is 2. The molecule has 2 heteroatoms. The molecule has 11 heavy (non-hydrogen) atoms. The average molecular weight is 150 g/mol. The molecular formula is C9H10O2. The Morgan fingerprint density at radius 3 is 2.55 bits per heavy atom. The quantitative estimate of drug-likeness (QED) is 0.530. The number of carbonyl (C=O) groups is 2. The Labute approximate surface area is 65.6 Å². The predicted molar refractivity (Wildman–Crippen MR) is 42.1 cm³/mol. The Hall–Kier alpha value is -1.18. The average Bonchev–Trinajstić information content (AvgIpc) is 2.31. The van der Waals surface area contributed by atoms with Gasteiger partial charge in [0.05, 0.1) is 0 Å². The molecule has 0 N–H and O–H groups in total. The minimum absolute atomic E-state index is 0.00444. The van der Waals surface area contributed by atoms with Gasteiger partial charge in [-0.2, -0.15) is 0 Å². The summed E-state index contributed by atoms with van der Waals surface area (Å²) in [5.41, 5.74) is 1.36.